The van der Waals surface area contributed by atoms with Gasteiger partial charge in [0, 0.05) is 6.04 Å². The average molecular weight is 181 g/mol. The number of hydrogen-bond donors (Lipinski definition) is 1. The maximum atomic E-state index is 3.74. The molecule has 0 radical (unpaired) electrons. The molecule has 0 spiro atoms. The molecule has 1 heterocycles. The van der Waals surface area contributed by atoms with E-state index in [9.17, 15) is 0 Å². The quantitative estimate of drug-likeness (QED) is 0.656. The van der Waals surface area contributed by atoms with Crippen LogP contribution >= 0.6 is 0 Å². The highest BCUT2D eigenvalue weighted by molar-refractivity contribution is 4.85. The molecule has 2 rings (SSSR count). The van der Waals surface area contributed by atoms with Crippen LogP contribution in [0.25, 0.3) is 0 Å². The van der Waals surface area contributed by atoms with Gasteiger partial charge in [0.1, 0.15) is 0 Å². The Morgan fingerprint density at radius 1 is 0.923 bits per heavy atom. The van der Waals surface area contributed by atoms with Crippen molar-refractivity contribution in [2.75, 3.05) is 6.54 Å². The third kappa shape index (κ3) is 2.25. The Balaban J connectivity index is 1.88. The molecule has 0 aromatic carbocycles. The molecule has 0 amide bonds. The topological polar surface area (TPSA) is 12.0 Å². The minimum Gasteiger partial charge on any atom is -0.313 e. The van der Waals surface area contributed by atoms with E-state index in [1.165, 1.54) is 51.5 Å². The molecule has 76 valence electrons. The van der Waals surface area contributed by atoms with Gasteiger partial charge in [-0.1, -0.05) is 26.2 Å². The maximum Gasteiger partial charge on any atom is 0.0121 e. The van der Waals surface area contributed by atoms with Crippen molar-refractivity contribution in [1.29, 1.82) is 0 Å². The molecule has 1 unspecified atom stereocenters. The van der Waals surface area contributed by atoms with Gasteiger partial charge < -0.3 is 5.32 Å². The molecule has 1 heteroatoms. The smallest absolute Gasteiger partial charge is 0.0121 e. The average Bonchev–Trinajstić information content (AvgIpc) is 2.20. The largest absolute Gasteiger partial charge is 0.313 e. The lowest BCUT2D eigenvalue weighted by Crippen LogP contribution is -2.45. The van der Waals surface area contributed by atoms with Crippen molar-refractivity contribution in [2.24, 2.45) is 11.8 Å². The van der Waals surface area contributed by atoms with Crippen molar-refractivity contribution >= 4 is 0 Å². The Hall–Kier alpha value is -0.0400. The molecule has 1 N–H and O–H groups in total. The molecule has 1 saturated heterocycles. The van der Waals surface area contributed by atoms with Crippen LogP contribution in [0.2, 0.25) is 0 Å². The summed E-state index contributed by atoms with van der Waals surface area (Å²) in [5.74, 6) is 1.93. The maximum absolute atomic E-state index is 3.74. The van der Waals surface area contributed by atoms with Crippen LogP contribution in [-0.2, 0) is 0 Å². The van der Waals surface area contributed by atoms with E-state index in [-0.39, 0.29) is 0 Å². The van der Waals surface area contributed by atoms with Crippen molar-refractivity contribution in [3.8, 4) is 0 Å². The summed E-state index contributed by atoms with van der Waals surface area (Å²) in [7, 11) is 0. The lowest BCUT2D eigenvalue weighted by Gasteiger charge is -2.38. The van der Waals surface area contributed by atoms with E-state index in [0.717, 1.165) is 17.9 Å². The minimum absolute atomic E-state index is 0.856. The fourth-order valence-electron chi connectivity index (χ4n) is 3.20. The zero-order valence-corrected chi connectivity index (χ0v) is 8.89. The molecule has 13 heavy (non-hydrogen) atoms. The van der Waals surface area contributed by atoms with Crippen LogP contribution in [0.1, 0.15) is 51.9 Å². The van der Waals surface area contributed by atoms with Crippen LogP contribution in [0, 0.1) is 11.8 Å². The summed E-state index contributed by atoms with van der Waals surface area (Å²) in [5.41, 5.74) is 0. The van der Waals surface area contributed by atoms with E-state index in [2.05, 4.69) is 12.2 Å². The third-order valence-corrected chi connectivity index (χ3v) is 3.99. The summed E-state index contributed by atoms with van der Waals surface area (Å²) in [6.07, 6.45) is 10.3. The number of hydrogen-bond acceptors (Lipinski definition) is 1. The molecule has 2 aliphatic rings. The highest BCUT2D eigenvalue weighted by Crippen LogP contribution is 2.32. The molecule has 1 aliphatic heterocycles. The summed E-state index contributed by atoms with van der Waals surface area (Å²) in [6.45, 7) is 3.71. The fraction of sp³-hybridized carbons (Fsp3) is 1.00. The molecular formula is C12H23N. The van der Waals surface area contributed by atoms with E-state index < -0.39 is 0 Å². The van der Waals surface area contributed by atoms with Crippen LogP contribution in [0.5, 0.6) is 0 Å². The lowest BCUT2D eigenvalue weighted by molar-refractivity contribution is 0.182. The molecule has 1 aliphatic carbocycles. The first-order chi connectivity index (χ1) is 6.38. The van der Waals surface area contributed by atoms with Gasteiger partial charge in [-0.3, -0.25) is 0 Å². The monoisotopic (exact) mass is 181 g/mol. The second kappa shape index (κ2) is 4.45. The number of piperidine rings is 1. The highest BCUT2D eigenvalue weighted by Gasteiger charge is 2.29. The highest BCUT2D eigenvalue weighted by atomic mass is 14.9. The van der Waals surface area contributed by atoms with E-state index in [4.69, 9.17) is 0 Å². The lowest BCUT2D eigenvalue weighted by atomic mass is 9.76. The van der Waals surface area contributed by atoms with Gasteiger partial charge in [-0.15, -0.1) is 0 Å². The van der Waals surface area contributed by atoms with Crippen molar-refractivity contribution in [2.45, 2.75) is 57.9 Å². The van der Waals surface area contributed by atoms with Crippen LogP contribution in [0.15, 0.2) is 0 Å². The van der Waals surface area contributed by atoms with E-state index in [0.29, 0.717) is 0 Å². The van der Waals surface area contributed by atoms with Crippen LogP contribution in [-0.4, -0.2) is 12.6 Å². The van der Waals surface area contributed by atoms with Crippen molar-refractivity contribution in [1.82, 2.24) is 5.32 Å². The van der Waals surface area contributed by atoms with Gasteiger partial charge in [-0.25, -0.2) is 0 Å². The molecule has 0 bridgehead atoms. The van der Waals surface area contributed by atoms with Crippen molar-refractivity contribution in [3.05, 3.63) is 0 Å². The second-order valence-electron chi connectivity index (χ2n) is 5.00. The first-order valence-electron chi connectivity index (χ1n) is 6.11. The van der Waals surface area contributed by atoms with Gasteiger partial charge >= 0.3 is 0 Å². The van der Waals surface area contributed by atoms with Gasteiger partial charge in [-0.05, 0) is 44.1 Å². The first kappa shape index (κ1) is 9.51. The second-order valence-corrected chi connectivity index (χ2v) is 5.00. The number of rotatable bonds is 1. The summed E-state index contributed by atoms with van der Waals surface area (Å²) >= 11 is 0. The molecule has 1 saturated carbocycles. The third-order valence-electron chi connectivity index (χ3n) is 3.99. The van der Waals surface area contributed by atoms with Crippen LogP contribution in [0.3, 0.4) is 0 Å². The predicted octanol–water partition coefficient (Wildman–Crippen LogP) is 2.95. The minimum atomic E-state index is 0.856. The van der Waals surface area contributed by atoms with Gasteiger partial charge in [0.15, 0.2) is 0 Å². The summed E-state index contributed by atoms with van der Waals surface area (Å²) < 4.78 is 0. The molecule has 0 aromatic rings. The molecule has 0 aromatic heterocycles. The van der Waals surface area contributed by atoms with Gasteiger partial charge in [0.2, 0.25) is 0 Å². The standard InChI is InChI=1S/C12H23N/c1-10-6-5-9-13-12(10)11-7-3-2-4-8-11/h10-13H,2-9H2,1H3/t10-,12?/m1/s1. The fourth-order valence-corrected chi connectivity index (χ4v) is 3.20. The SMILES string of the molecule is C[C@@H]1CCCNC1C1CCCCC1. The Labute approximate surface area is 82.3 Å². The Bertz CT molecular complexity index is 149. The Kier molecular flexibility index (Phi) is 3.26. The first-order valence-corrected chi connectivity index (χ1v) is 6.11. The normalized spacial score (nSPS) is 37.6. The van der Waals surface area contributed by atoms with Gasteiger partial charge in [0.05, 0.1) is 0 Å². The van der Waals surface area contributed by atoms with E-state index >= 15 is 0 Å². The molecule has 2 fully saturated rings. The molecule has 1 nitrogen and oxygen atoms in total. The zero-order valence-electron chi connectivity index (χ0n) is 8.89. The summed E-state index contributed by atoms with van der Waals surface area (Å²) in [5, 5.41) is 3.74. The van der Waals surface area contributed by atoms with Crippen LogP contribution in [0.4, 0.5) is 0 Å². The summed E-state index contributed by atoms with van der Waals surface area (Å²) in [4.78, 5) is 0. The predicted molar refractivity (Wildman–Crippen MR) is 56.8 cm³/mol. The van der Waals surface area contributed by atoms with Crippen molar-refractivity contribution < 1.29 is 0 Å². The van der Waals surface area contributed by atoms with Crippen molar-refractivity contribution in [3.63, 3.8) is 0 Å². The van der Waals surface area contributed by atoms with E-state index in [1.54, 1.807) is 0 Å². The Morgan fingerprint density at radius 3 is 2.38 bits per heavy atom. The molecular weight excluding hydrogens is 158 g/mol. The Morgan fingerprint density at radius 2 is 1.69 bits per heavy atom. The number of nitrogens with one attached hydrogen (secondary N) is 1. The van der Waals surface area contributed by atoms with Gasteiger partial charge in [-0.2, -0.15) is 0 Å². The van der Waals surface area contributed by atoms with E-state index in [1.807, 2.05) is 0 Å². The molecule has 2 atom stereocenters. The summed E-state index contributed by atoms with van der Waals surface area (Å²) in [6, 6.07) is 0.856. The van der Waals surface area contributed by atoms with Gasteiger partial charge in [0.25, 0.3) is 0 Å². The van der Waals surface area contributed by atoms with Crippen LogP contribution < -0.4 is 5.32 Å². The zero-order chi connectivity index (χ0) is 9.10.